The summed E-state index contributed by atoms with van der Waals surface area (Å²) in [5.41, 5.74) is 0.106. The standard InChI is InChI=1S/C15H30N2O/c1-15(2)10-9-14(18-15)11-17(4)13-7-5-12(16-3)6-8-13/h12-14,16H,5-11H2,1-4H3. The minimum atomic E-state index is 0.106. The molecule has 1 aliphatic heterocycles. The maximum Gasteiger partial charge on any atom is 0.0710 e. The molecule has 1 unspecified atom stereocenters. The van der Waals surface area contributed by atoms with E-state index < -0.39 is 0 Å². The summed E-state index contributed by atoms with van der Waals surface area (Å²) in [5, 5.41) is 3.40. The van der Waals surface area contributed by atoms with Crippen LogP contribution in [0.25, 0.3) is 0 Å². The predicted molar refractivity (Wildman–Crippen MR) is 75.9 cm³/mol. The van der Waals surface area contributed by atoms with Crippen LogP contribution in [0.2, 0.25) is 0 Å². The van der Waals surface area contributed by atoms with Crippen molar-refractivity contribution in [3.05, 3.63) is 0 Å². The van der Waals surface area contributed by atoms with Crippen LogP contribution in [-0.2, 0) is 4.74 Å². The molecule has 1 saturated heterocycles. The number of nitrogens with one attached hydrogen (secondary N) is 1. The lowest BCUT2D eigenvalue weighted by molar-refractivity contribution is -0.0321. The molecule has 106 valence electrons. The van der Waals surface area contributed by atoms with Gasteiger partial charge in [-0.15, -0.1) is 0 Å². The molecule has 0 radical (unpaired) electrons. The highest BCUT2D eigenvalue weighted by atomic mass is 16.5. The number of hydrogen-bond donors (Lipinski definition) is 1. The maximum atomic E-state index is 6.10. The predicted octanol–water partition coefficient (Wildman–Crippen LogP) is 2.41. The van der Waals surface area contributed by atoms with E-state index in [2.05, 4.69) is 38.2 Å². The van der Waals surface area contributed by atoms with Crippen molar-refractivity contribution in [1.82, 2.24) is 10.2 Å². The molecule has 3 heteroatoms. The second-order valence-electron chi connectivity index (χ2n) is 6.77. The lowest BCUT2D eigenvalue weighted by atomic mass is 9.90. The molecule has 1 heterocycles. The number of likely N-dealkylation sites (N-methyl/N-ethyl adjacent to an activating group) is 1. The van der Waals surface area contributed by atoms with Crippen LogP contribution in [-0.4, -0.2) is 49.3 Å². The minimum absolute atomic E-state index is 0.106. The molecule has 0 amide bonds. The van der Waals surface area contributed by atoms with Gasteiger partial charge in [-0.3, -0.25) is 0 Å². The molecule has 1 saturated carbocycles. The van der Waals surface area contributed by atoms with Gasteiger partial charge in [-0.2, -0.15) is 0 Å². The molecule has 1 N–H and O–H groups in total. The summed E-state index contributed by atoms with van der Waals surface area (Å²) < 4.78 is 6.10. The molecule has 0 spiro atoms. The Morgan fingerprint density at radius 3 is 2.33 bits per heavy atom. The summed E-state index contributed by atoms with van der Waals surface area (Å²) in [6.07, 6.45) is 8.19. The Bertz CT molecular complexity index is 259. The van der Waals surface area contributed by atoms with Crippen molar-refractivity contribution in [2.45, 2.75) is 76.2 Å². The summed E-state index contributed by atoms with van der Waals surface area (Å²) >= 11 is 0. The molecule has 1 atom stereocenters. The van der Waals surface area contributed by atoms with Crippen LogP contribution in [0.15, 0.2) is 0 Å². The number of rotatable bonds is 4. The van der Waals surface area contributed by atoms with Crippen molar-refractivity contribution in [3.63, 3.8) is 0 Å². The van der Waals surface area contributed by atoms with Crippen LogP contribution >= 0.6 is 0 Å². The zero-order chi connectivity index (χ0) is 13.2. The lowest BCUT2D eigenvalue weighted by Crippen LogP contribution is -2.42. The van der Waals surface area contributed by atoms with Crippen molar-refractivity contribution in [2.75, 3.05) is 20.6 Å². The van der Waals surface area contributed by atoms with E-state index in [0.717, 1.165) is 18.6 Å². The SMILES string of the molecule is CNC1CCC(N(C)CC2CCC(C)(C)O2)CC1. The van der Waals surface area contributed by atoms with E-state index in [0.29, 0.717) is 6.10 Å². The first-order chi connectivity index (χ1) is 8.50. The first-order valence-corrected chi connectivity index (χ1v) is 7.55. The molecule has 3 nitrogen and oxygen atoms in total. The smallest absolute Gasteiger partial charge is 0.0710 e. The van der Waals surface area contributed by atoms with Gasteiger partial charge in [0, 0.05) is 18.6 Å². The molecule has 18 heavy (non-hydrogen) atoms. The molecule has 0 aromatic heterocycles. The van der Waals surface area contributed by atoms with Crippen molar-refractivity contribution in [1.29, 1.82) is 0 Å². The average Bonchev–Trinajstić information content (AvgIpc) is 2.68. The van der Waals surface area contributed by atoms with Crippen molar-refractivity contribution in [2.24, 2.45) is 0 Å². The monoisotopic (exact) mass is 254 g/mol. The maximum absolute atomic E-state index is 6.10. The molecule has 2 rings (SSSR count). The topological polar surface area (TPSA) is 24.5 Å². The largest absolute Gasteiger partial charge is 0.371 e. The molecule has 2 fully saturated rings. The Morgan fingerprint density at radius 2 is 1.83 bits per heavy atom. The van der Waals surface area contributed by atoms with Gasteiger partial charge in [-0.25, -0.2) is 0 Å². The summed E-state index contributed by atoms with van der Waals surface area (Å²) in [4.78, 5) is 2.54. The summed E-state index contributed by atoms with van der Waals surface area (Å²) in [6, 6.07) is 1.51. The summed E-state index contributed by atoms with van der Waals surface area (Å²) in [7, 11) is 4.36. The first kappa shape index (κ1) is 14.3. The Hall–Kier alpha value is -0.120. The van der Waals surface area contributed by atoms with Gasteiger partial charge in [0.1, 0.15) is 0 Å². The molecular weight excluding hydrogens is 224 g/mol. The van der Waals surface area contributed by atoms with Crippen molar-refractivity contribution >= 4 is 0 Å². The van der Waals surface area contributed by atoms with Gasteiger partial charge in [0.05, 0.1) is 11.7 Å². The van der Waals surface area contributed by atoms with Crippen LogP contribution in [0.1, 0.15) is 52.4 Å². The molecule has 0 aromatic carbocycles. The van der Waals surface area contributed by atoms with Gasteiger partial charge in [-0.05, 0) is 66.5 Å². The van der Waals surface area contributed by atoms with E-state index in [1.165, 1.54) is 38.5 Å². The third kappa shape index (κ3) is 3.69. The van der Waals surface area contributed by atoms with E-state index in [4.69, 9.17) is 4.74 Å². The van der Waals surface area contributed by atoms with Gasteiger partial charge >= 0.3 is 0 Å². The Labute approximate surface area is 112 Å². The van der Waals surface area contributed by atoms with Crippen LogP contribution in [0.5, 0.6) is 0 Å². The van der Waals surface area contributed by atoms with Gasteiger partial charge in [0.25, 0.3) is 0 Å². The highest BCUT2D eigenvalue weighted by molar-refractivity contribution is 4.86. The molecule has 2 aliphatic rings. The van der Waals surface area contributed by atoms with E-state index in [1.807, 2.05) is 0 Å². The van der Waals surface area contributed by atoms with E-state index in [-0.39, 0.29) is 5.60 Å². The highest BCUT2D eigenvalue weighted by Gasteiger charge is 2.33. The van der Waals surface area contributed by atoms with E-state index in [9.17, 15) is 0 Å². The Balaban J connectivity index is 1.74. The number of ether oxygens (including phenoxy) is 1. The quantitative estimate of drug-likeness (QED) is 0.834. The first-order valence-electron chi connectivity index (χ1n) is 7.55. The van der Waals surface area contributed by atoms with Gasteiger partial charge in [0.2, 0.25) is 0 Å². The lowest BCUT2D eigenvalue weighted by Gasteiger charge is -2.36. The molecule has 1 aliphatic carbocycles. The van der Waals surface area contributed by atoms with Crippen LogP contribution in [0.4, 0.5) is 0 Å². The van der Waals surface area contributed by atoms with Gasteiger partial charge in [-0.1, -0.05) is 0 Å². The second-order valence-corrected chi connectivity index (χ2v) is 6.77. The third-order valence-corrected chi connectivity index (χ3v) is 4.77. The van der Waals surface area contributed by atoms with Gasteiger partial charge < -0.3 is 15.0 Å². The van der Waals surface area contributed by atoms with E-state index >= 15 is 0 Å². The fourth-order valence-corrected chi connectivity index (χ4v) is 3.48. The zero-order valence-electron chi connectivity index (χ0n) is 12.5. The fraction of sp³-hybridized carbons (Fsp3) is 1.00. The normalized spacial score (nSPS) is 36.2. The average molecular weight is 254 g/mol. The number of nitrogens with zero attached hydrogens (tertiary/aromatic N) is 1. The van der Waals surface area contributed by atoms with E-state index in [1.54, 1.807) is 0 Å². The molecule has 0 bridgehead atoms. The van der Waals surface area contributed by atoms with Gasteiger partial charge in [0.15, 0.2) is 0 Å². The van der Waals surface area contributed by atoms with Crippen molar-refractivity contribution < 1.29 is 4.74 Å². The highest BCUT2D eigenvalue weighted by Crippen LogP contribution is 2.30. The van der Waals surface area contributed by atoms with Crippen LogP contribution in [0, 0.1) is 0 Å². The molecule has 0 aromatic rings. The third-order valence-electron chi connectivity index (χ3n) is 4.77. The van der Waals surface area contributed by atoms with Crippen LogP contribution in [0.3, 0.4) is 0 Å². The Morgan fingerprint density at radius 1 is 1.17 bits per heavy atom. The van der Waals surface area contributed by atoms with Crippen molar-refractivity contribution in [3.8, 4) is 0 Å². The Kier molecular flexibility index (Phi) is 4.68. The summed E-state index contributed by atoms with van der Waals surface area (Å²) in [6.45, 7) is 5.54. The number of hydrogen-bond acceptors (Lipinski definition) is 3. The second kappa shape index (κ2) is 5.89. The fourth-order valence-electron chi connectivity index (χ4n) is 3.48. The zero-order valence-corrected chi connectivity index (χ0v) is 12.5. The summed E-state index contributed by atoms with van der Waals surface area (Å²) in [5.74, 6) is 0. The van der Waals surface area contributed by atoms with Crippen LogP contribution < -0.4 is 5.32 Å². The minimum Gasteiger partial charge on any atom is -0.371 e. The molecular formula is C15H30N2O.